The summed E-state index contributed by atoms with van der Waals surface area (Å²) in [6.45, 7) is 2.38. The monoisotopic (exact) mass is 323 g/mol. The van der Waals surface area contributed by atoms with Gasteiger partial charge in [0.1, 0.15) is 11.8 Å². The molecular formula is C18H17N3O3. The Labute approximate surface area is 139 Å². The van der Waals surface area contributed by atoms with Crippen LogP contribution in [0.15, 0.2) is 58.3 Å². The molecule has 3 amide bonds. The first-order valence-electron chi connectivity index (χ1n) is 7.75. The van der Waals surface area contributed by atoms with Gasteiger partial charge in [0.2, 0.25) is 0 Å². The van der Waals surface area contributed by atoms with Crippen LogP contribution in [0, 0.1) is 6.92 Å². The van der Waals surface area contributed by atoms with Crippen molar-refractivity contribution < 1.29 is 14.0 Å². The zero-order chi connectivity index (χ0) is 16.8. The van der Waals surface area contributed by atoms with Crippen LogP contribution < -0.4 is 10.2 Å². The second-order valence-electron chi connectivity index (χ2n) is 6.04. The number of rotatable bonds is 2. The lowest BCUT2D eigenvalue weighted by Crippen LogP contribution is -2.45. The first-order valence-corrected chi connectivity index (χ1v) is 7.75. The van der Waals surface area contributed by atoms with Crippen molar-refractivity contribution in [2.75, 3.05) is 18.5 Å². The van der Waals surface area contributed by atoms with E-state index in [1.54, 1.807) is 24.1 Å². The van der Waals surface area contributed by atoms with E-state index in [0.29, 0.717) is 23.6 Å². The Hall–Kier alpha value is -3.02. The molecule has 1 aromatic heterocycles. The summed E-state index contributed by atoms with van der Waals surface area (Å²) in [7, 11) is 1.68. The number of nitrogens with one attached hydrogen (secondary N) is 1. The van der Waals surface area contributed by atoms with E-state index in [2.05, 4.69) is 5.32 Å². The Balaban J connectivity index is 1.75. The van der Waals surface area contributed by atoms with Gasteiger partial charge in [-0.15, -0.1) is 0 Å². The van der Waals surface area contributed by atoms with E-state index in [9.17, 15) is 9.59 Å². The van der Waals surface area contributed by atoms with Crippen molar-refractivity contribution >= 4 is 17.6 Å². The number of urea groups is 1. The first kappa shape index (κ1) is 14.6. The summed E-state index contributed by atoms with van der Waals surface area (Å²) < 4.78 is 5.43. The minimum atomic E-state index is -0.554. The summed E-state index contributed by atoms with van der Waals surface area (Å²) in [6.07, 6.45) is 1.54. The number of hydrogen-bond donors (Lipinski definition) is 1. The Morgan fingerprint density at radius 2 is 1.92 bits per heavy atom. The van der Waals surface area contributed by atoms with E-state index >= 15 is 0 Å². The van der Waals surface area contributed by atoms with Gasteiger partial charge in [-0.1, -0.05) is 17.7 Å². The molecule has 0 radical (unpaired) electrons. The molecule has 3 heterocycles. The van der Waals surface area contributed by atoms with Crippen molar-refractivity contribution in [1.29, 1.82) is 0 Å². The van der Waals surface area contributed by atoms with Crippen molar-refractivity contribution in [1.82, 2.24) is 10.2 Å². The largest absolute Gasteiger partial charge is 0.467 e. The molecular weight excluding hydrogens is 306 g/mol. The fraction of sp³-hybridized carbons (Fsp3) is 0.222. The Kier molecular flexibility index (Phi) is 3.19. The van der Waals surface area contributed by atoms with Gasteiger partial charge in [-0.05, 0) is 31.2 Å². The summed E-state index contributed by atoms with van der Waals surface area (Å²) in [5, 5.41) is 2.84. The van der Waals surface area contributed by atoms with Crippen LogP contribution in [-0.2, 0) is 4.79 Å². The van der Waals surface area contributed by atoms with Crippen LogP contribution in [-0.4, -0.2) is 30.4 Å². The lowest BCUT2D eigenvalue weighted by Gasteiger charge is -2.29. The lowest BCUT2D eigenvalue weighted by atomic mass is 10.0. The lowest BCUT2D eigenvalue weighted by molar-refractivity contribution is -0.114. The first-order chi connectivity index (χ1) is 11.6. The number of likely N-dealkylation sites (N-methyl/N-ethyl adjacent to an activating group) is 1. The highest BCUT2D eigenvalue weighted by atomic mass is 16.3. The van der Waals surface area contributed by atoms with Crippen LogP contribution in [0.5, 0.6) is 0 Å². The number of carbonyl (C=O) groups excluding carboxylic acids is 2. The molecule has 0 saturated heterocycles. The van der Waals surface area contributed by atoms with E-state index in [4.69, 9.17) is 4.42 Å². The van der Waals surface area contributed by atoms with Gasteiger partial charge in [-0.25, -0.2) is 4.79 Å². The van der Waals surface area contributed by atoms with Gasteiger partial charge >= 0.3 is 6.03 Å². The standard InChI is InChI=1S/C18H17N3O3/c1-11-5-7-12(8-6-11)21-10-13-15(17(21)22)16(14-4-3-9-24-14)19-18(23)20(13)2/h3-9,16H,10H2,1-2H3,(H,19,23)/t16-/m0/s1. The molecule has 1 N–H and O–H groups in total. The number of hydrogen-bond acceptors (Lipinski definition) is 3. The van der Waals surface area contributed by atoms with E-state index in [-0.39, 0.29) is 11.9 Å². The number of benzene rings is 1. The molecule has 2 aromatic rings. The molecule has 0 spiro atoms. The number of carbonyl (C=O) groups is 2. The molecule has 24 heavy (non-hydrogen) atoms. The molecule has 4 rings (SSSR count). The van der Waals surface area contributed by atoms with Crippen LogP contribution in [0.1, 0.15) is 17.4 Å². The fourth-order valence-electron chi connectivity index (χ4n) is 3.17. The van der Waals surface area contributed by atoms with E-state index in [1.807, 2.05) is 31.2 Å². The van der Waals surface area contributed by atoms with Crippen molar-refractivity contribution in [2.24, 2.45) is 0 Å². The third-order valence-corrected chi connectivity index (χ3v) is 4.53. The minimum absolute atomic E-state index is 0.109. The summed E-state index contributed by atoms with van der Waals surface area (Å²) in [6, 6.07) is 10.5. The topological polar surface area (TPSA) is 65.8 Å². The second kappa shape index (κ2) is 5.26. The summed E-state index contributed by atoms with van der Waals surface area (Å²) >= 11 is 0. The van der Waals surface area contributed by atoms with E-state index < -0.39 is 6.04 Å². The second-order valence-corrected chi connectivity index (χ2v) is 6.04. The van der Waals surface area contributed by atoms with Crippen LogP contribution in [0.2, 0.25) is 0 Å². The molecule has 0 saturated carbocycles. The zero-order valence-electron chi connectivity index (χ0n) is 13.4. The summed E-state index contributed by atoms with van der Waals surface area (Å²) in [5.41, 5.74) is 3.22. The molecule has 0 unspecified atom stereocenters. The predicted molar refractivity (Wildman–Crippen MR) is 88.3 cm³/mol. The number of nitrogens with zero attached hydrogens (tertiary/aromatic N) is 2. The van der Waals surface area contributed by atoms with Gasteiger partial charge in [0.25, 0.3) is 5.91 Å². The van der Waals surface area contributed by atoms with Gasteiger partial charge < -0.3 is 14.6 Å². The van der Waals surface area contributed by atoms with Crippen molar-refractivity contribution in [2.45, 2.75) is 13.0 Å². The Morgan fingerprint density at radius 3 is 2.58 bits per heavy atom. The smallest absolute Gasteiger partial charge is 0.322 e. The van der Waals surface area contributed by atoms with Gasteiger partial charge in [0, 0.05) is 12.7 Å². The quantitative estimate of drug-likeness (QED) is 0.924. The number of furan rings is 1. The van der Waals surface area contributed by atoms with Gasteiger partial charge in [-0.3, -0.25) is 9.69 Å². The average molecular weight is 323 g/mol. The van der Waals surface area contributed by atoms with Crippen LogP contribution >= 0.6 is 0 Å². The van der Waals surface area contributed by atoms with Crippen molar-refractivity contribution in [3.05, 3.63) is 65.3 Å². The van der Waals surface area contributed by atoms with Gasteiger partial charge in [0.05, 0.1) is 24.1 Å². The molecule has 6 nitrogen and oxygen atoms in total. The molecule has 2 aliphatic rings. The Morgan fingerprint density at radius 1 is 1.17 bits per heavy atom. The van der Waals surface area contributed by atoms with Gasteiger partial charge in [0.15, 0.2) is 0 Å². The highest BCUT2D eigenvalue weighted by Crippen LogP contribution is 2.37. The maximum atomic E-state index is 13.0. The highest BCUT2D eigenvalue weighted by Gasteiger charge is 2.44. The molecule has 122 valence electrons. The summed E-state index contributed by atoms with van der Waals surface area (Å²) in [5.74, 6) is 0.449. The van der Waals surface area contributed by atoms with Crippen LogP contribution in [0.3, 0.4) is 0 Å². The molecule has 6 heteroatoms. The molecule has 0 bridgehead atoms. The molecule has 2 aliphatic heterocycles. The zero-order valence-corrected chi connectivity index (χ0v) is 13.4. The normalized spacial score (nSPS) is 20.5. The average Bonchev–Trinajstić information content (AvgIpc) is 3.21. The highest BCUT2D eigenvalue weighted by molar-refractivity contribution is 6.11. The fourth-order valence-corrected chi connectivity index (χ4v) is 3.17. The number of anilines is 1. The SMILES string of the molecule is Cc1ccc(N2CC3=C(C2=O)[C@H](c2ccco2)NC(=O)N3C)cc1. The molecule has 0 fully saturated rings. The maximum absolute atomic E-state index is 13.0. The van der Waals surface area contributed by atoms with E-state index in [0.717, 1.165) is 11.3 Å². The third kappa shape index (κ3) is 2.11. The van der Waals surface area contributed by atoms with Crippen LogP contribution in [0.25, 0.3) is 0 Å². The molecule has 1 aromatic carbocycles. The minimum Gasteiger partial charge on any atom is -0.467 e. The predicted octanol–water partition coefficient (Wildman–Crippen LogP) is 2.59. The van der Waals surface area contributed by atoms with Crippen LogP contribution in [0.4, 0.5) is 10.5 Å². The molecule has 1 atom stereocenters. The van der Waals surface area contributed by atoms with E-state index in [1.165, 1.54) is 11.2 Å². The summed E-state index contributed by atoms with van der Waals surface area (Å²) in [4.78, 5) is 28.5. The molecule has 0 aliphatic carbocycles. The van der Waals surface area contributed by atoms with Crippen molar-refractivity contribution in [3.8, 4) is 0 Å². The van der Waals surface area contributed by atoms with Crippen molar-refractivity contribution in [3.63, 3.8) is 0 Å². The maximum Gasteiger partial charge on any atom is 0.322 e. The van der Waals surface area contributed by atoms with Gasteiger partial charge in [-0.2, -0.15) is 0 Å². The number of amides is 3. The number of aryl methyl sites for hydroxylation is 1. The third-order valence-electron chi connectivity index (χ3n) is 4.53. The Bertz CT molecular complexity index is 837.